The second kappa shape index (κ2) is 7.11. The first-order valence-electron chi connectivity index (χ1n) is 7.27. The topological polar surface area (TPSA) is 55.1 Å². The molecular weight excluding hydrogens is 312 g/mol. The van der Waals surface area contributed by atoms with E-state index >= 15 is 0 Å². The summed E-state index contributed by atoms with van der Waals surface area (Å²) < 4.78 is 5.22. The van der Waals surface area contributed by atoms with E-state index in [1.807, 2.05) is 54.6 Å². The number of amides is 1. The van der Waals surface area contributed by atoms with E-state index in [-0.39, 0.29) is 5.91 Å². The van der Waals surface area contributed by atoms with Gasteiger partial charge in [0.2, 0.25) is 0 Å². The summed E-state index contributed by atoms with van der Waals surface area (Å²) in [5, 5.41) is 7.33. The van der Waals surface area contributed by atoms with Gasteiger partial charge in [0, 0.05) is 17.1 Å². The molecule has 23 heavy (non-hydrogen) atoms. The zero-order valence-electron chi connectivity index (χ0n) is 12.3. The Morgan fingerprint density at radius 1 is 1.09 bits per heavy atom. The van der Waals surface area contributed by atoms with Gasteiger partial charge in [-0.1, -0.05) is 59.2 Å². The second-order valence-corrected chi connectivity index (χ2v) is 5.50. The second-order valence-electron chi connectivity index (χ2n) is 5.07. The molecule has 2 aromatic carbocycles. The van der Waals surface area contributed by atoms with Gasteiger partial charge in [0.15, 0.2) is 5.76 Å². The van der Waals surface area contributed by atoms with E-state index in [0.717, 1.165) is 17.5 Å². The highest BCUT2D eigenvalue weighted by molar-refractivity contribution is 6.30. The maximum atomic E-state index is 12.3. The van der Waals surface area contributed by atoms with E-state index < -0.39 is 0 Å². The molecule has 0 unspecified atom stereocenters. The van der Waals surface area contributed by atoms with Crippen molar-refractivity contribution in [1.82, 2.24) is 10.5 Å². The van der Waals surface area contributed by atoms with Gasteiger partial charge in [0.1, 0.15) is 5.56 Å². The Balaban J connectivity index is 1.63. The lowest BCUT2D eigenvalue weighted by molar-refractivity contribution is 0.0954. The van der Waals surface area contributed by atoms with Gasteiger partial charge in [0.05, 0.1) is 6.20 Å². The lowest BCUT2D eigenvalue weighted by atomic mass is 10.1. The Kier molecular flexibility index (Phi) is 4.74. The Morgan fingerprint density at radius 2 is 1.83 bits per heavy atom. The first-order chi connectivity index (χ1) is 11.2. The van der Waals surface area contributed by atoms with Gasteiger partial charge >= 0.3 is 0 Å². The van der Waals surface area contributed by atoms with E-state index in [9.17, 15) is 4.79 Å². The number of carbonyl (C=O) groups excluding carboxylic acids is 1. The van der Waals surface area contributed by atoms with Gasteiger partial charge in [-0.05, 0) is 24.1 Å². The third-order valence-corrected chi connectivity index (χ3v) is 3.72. The zero-order valence-corrected chi connectivity index (χ0v) is 13.1. The van der Waals surface area contributed by atoms with Crippen molar-refractivity contribution in [2.24, 2.45) is 0 Å². The van der Waals surface area contributed by atoms with Crippen LogP contribution in [0.25, 0.3) is 11.3 Å². The highest BCUT2D eigenvalue weighted by atomic mass is 35.5. The lowest BCUT2D eigenvalue weighted by Gasteiger charge is -2.05. The smallest absolute Gasteiger partial charge is 0.256 e. The van der Waals surface area contributed by atoms with Gasteiger partial charge < -0.3 is 9.84 Å². The number of rotatable bonds is 5. The van der Waals surface area contributed by atoms with Gasteiger partial charge in [-0.15, -0.1) is 0 Å². The molecule has 1 heterocycles. The van der Waals surface area contributed by atoms with Crippen LogP contribution < -0.4 is 5.32 Å². The quantitative estimate of drug-likeness (QED) is 0.772. The normalized spacial score (nSPS) is 10.5. The van der Waals surface area contributed by atoms with Gasteiger partial charge in [-0.3, -0.25) is 4.79 Å². The molecule has 3 rings (SSSR count). The van der Waals surface area contributed by atoms with Gasteiger partial charge in [-0.25, -0.2) is 0 Å². The molecule has 0 atom stereocenters. The summed E-state index contributed by atoms with van der Waals surface area (Å²) in [6.45, 7) is 0.528. The van der Waals surface area contributed by atoms with Crippen LogP contribution in [0.5, 0.6) is 0 Å². The number of benzene rings is 2. The van der Waals surface area contributed by atoms with Crippen molar-refractivity contribution in [3.63, 3.8) is 0 Å². The van der Waals surface area contributed by atoms with Crippen molar-refractivity contribution in [2.45, 2.75) is 6.42 Å². The summed E-state index contributed by atoms with van der Waals surface area (Å²) in [5.74, 6) is 0.286. The van der Waals surface area contributed by atoms with Crippen LogP contribution in [0.15, 0.2) is 65.3 Å². The number of hydrogen-bond acceptors (Lipinski definition) is 3. The highest BCUT2D eigenvalue weighted by Gasteiger charge is 2.17. The molecule has 5 heteroatoms. The van der Waals surface area contributed by atoms with Crippen molar-refractivity contribution >= 4 is 17.5 Å². The molecule has 1 aromatic heterocycles. The monoisotopic (exact) mass is 326 g/mol. The van der Waals surface area contributed by atoms with Crippen LogP contribution in [-0.4, -0.2) is 17.6 Å². The van der Waals surface area contributed by atoms with Crippen LogP contribution >= 0.6 is 11.6 Å². The first-order valence-corrected chi connectivity index (χ1v) is 7.64. The molecule has 0 saturated carbocycles. The third-order valence-electron chi connectivity index (χ3n) is 3.46. The number of aromatic nitrogens is 1. The lowest BCUT2D eigenvalue weighted by Crippen LogP contribution is -2.25. The van der Waals surface area contributed by atoms with Crippen LogP contribution in [0.3, 0.4) is 0 Å². The number of carbonyl (C=O) groups is 1. The molecule has 0 fully saturated rings. The molecule has 0 aliphatic rings. The van der Waals surface area contributed by atoms with Crippen LogP contribution in [0.1, 0.15) is 15.9 Å². The van der Waals surface area contributed by atoms with Crippen LogP contribution in [-0.2, 0) is 6.42 Å². The third kappa shape index (κ3) is 3.79. The standard InChI is InChI=1S/C18H15ClN2O2/c19-15-8-6-13(7-9-15)10-11-20-18(22)16-12-21-23-17(16)14-4-2-1-3-5-14/h1-9,12H,10-11H2,(H,20,22). The Morgan fingerprint density at radius 3 is 2.57 bits per heavy atom. The molecule has 1 amide bonds. The molecule has 0 aliphatic carbocycles. The van der Waals surface area contributed by atoms with E-state index in [2.05, 4.69) is 10.5 Å². The first kappa shape index (κ1) is 15.3. The fourth-order valence-corrected chi connectivity index (χ4v) is 2.39. The molecule has 0 spiro atoms. The highest BCUT2D eigenvalue weighted by Crippen LogP contribution is 2.23. The molecule has 1 N–H and O–H groups in total. The van der Waals surface area contributed by atoms with E-state index in [4.69, 9.17) is 16.1 Å². The van der Waals surface area contributed by atoms with Crippen LogP contribution in [0, 0.1) is 0 Å². The average Bonchev–Trinajstić information content (AvgIpc) is 3.07. The predicted molar refractivity (Wildman–Crippen MR) is 89.4 cm³/mol. The molecule has 0 aliphatic heterocycles. The van der Waals surface area contributed by atoms with E-state index in [0.29, 0.717) is 22.9 Å². The maximum absolute atomic E-state index is 12.3. The molecule has 0 bridgehead atoms. The minimum Gasteiger partial charge on any atom is -0.355 e. The van der Waals surface area contributed by atoms with Gasteiger partial charge in [-0.2, -0.15) is 0 Å². The summed E-state index contributed by atoms with van der Waals surface area (Å²) in [5.41, 5.74) is 2.38. The summed E-state index contributed by atoms with van der Waals surface area (Å²) in [4.78, 5) is 12.3. The predicted octanol–water partition coefficient (Wildman–Crippen LogP) is 3.97. The summed E-state index contributed by atoms with van der Waals surface area (Å²) in [7, 11) is 0. The van der Waals surface area contributed by atoms with Crippen LogP contribution in [0.2, 0.25) is 5.02 Å². The Labute approximate surface area is 139 Å². The summed E-state index contributed by atoms with van der Waals surface area (Å²) in [6.07, 6.45) is 2.18. The SMILES string of the molecule is O=C(NCCc1ccc(Cl)cc1)c1cnoc1-c1ccccc1. The molecule has 4 nitrogen and oxygen atoms in total. The Hall–Kier alpha value is -2.59. The number of hydrogen-bond donors (Lipinski definition) is 1. The van der Waals surface area contributed by atoms with Crippen molar-refractivity contribution in [2.75, 3.05) is 6.54 Å². The molecule has 0 saturated heterocycles. The average molecular weight is 327 g/mol. The minimum absolute atomic E-state index is 0.195. The number of halogens is 1. The van der Waals surface area contributed by atoms with Crippen molar-refractivity contribution in [3.8, 4) is 11.3 Å². The molecule has 0 radical (unpaired) electrons. The number of nitrogens with zero attached hydrogens (tertiary/aromatic N) is 1. The fourth-order valence-electron chi connectivity index (χ4n) is 2.27. The van der Waals surface area contributed by atoms with Crippen molar-refractivity contribution in [1.29, 1.82) is 0 Å². The van der Waals surface area contributed by atoms with Crippen LogP contribution in [0.4, 0.5) is 0 Å². The minimum atomic E-state index is -0.195. The zero-order chi connectivity index (χ0) is 16.1. The number of nitrogens with one attached hydrogen (secondary N) is 1. The summed E-state index contributed by atoms with van der Waals surface area (Å²) in [6, 6.07) is 17.0. The Bertz CT molecular complexity index is 782. The van der Waals surface area contributed by atoms with Crippen molar-refractivity contribution in [3.05, 3.63) is 76.9 Å². The van der Waals surface area contributed by atoms with Crippen molar-refractivity contribution < 1.29 is 9.32 Å². The molecule has 3 aromatic rings. The molecular formula is C18H15ClN2O2. The maximum Gasteiger partial charge on any atom is 0.256 e. The van der Waals surface area contributed by atoms with E-state index in [1.54, 1.807) is 0 Å². The van der Waals surface area contributed by atoms with E-state index in [1.165, 1.54) is 6.20 Å². The largest absolute Gasteiger partial charge is 0.355 e. The fraction of sp³-hybridized carbons (Fsp3) is 0.111. The summed E-state index contributed by atoms with van der Waals surface area (Å²) >= 11 is 5.85. The van der Waals surface area contributed by atoms with Gasteiger partial charge in [0.25, 0.3) is 5.91 Å². The molecule has 116 valence electrons.